The zero-order valence-electron chi connectivity index (χ0n) is 12.2. The summed E-state index contributed by atoms with van der Waals surface area (Å²) < 4.78 is 10.1. The Bertz CT molecular complexity index is 698. The Morgan fingerprint density at radius 3 is 2.50 bits per heavy atom. The first-order valence-electron chi connectivity index (χ1n) is 6.49. The number of amides is 1. The van der Waals surface area contributed by atoms with Gasteiger partial charge in [0.1, 0.15) is 5.75 Å². The SMILES string of the molecule is COc1ccccc1C(=O)NN=Cc1cccc(OC)c1O. The number of ether oxygens (including phenoxy) is 2. The molecule has 6 heteroatoms. The van der Waals surface area contributed by atoms with Gasteiger partial charge >= 0.3 is 0 Å². The highest BCUT2D eigenvalue weighted by molar-refractivity contribution is 5.97. The molecular formula is C16H16N2O4. The number of aromatic hydroxyl groups is 1. The zero-order chi connectivity index (χ0) is 15.9. The van der Waals surface area contributed by atoms with Crippen molar-refractivity contribution >= 4 is 12.1 Å². The second-order valence-corrected chi connectivity index (χ2v) is 4.30. The summed E-state index contributed by atoms with van der Waals surface area (Å²) >= 11 is 0. The monoisotopic (exact) mass is 300 g/mol. The van der Waals surface area contributed by atoms with Gasteiger partial charge in [0.05, 0.1) is 26.0 Å². The van der Waals surface area contributed by atoms with E-state index in [2.05, 4.69) is 10.5 Å². The van der Waals surface area contributed by atoms with Crippen molar-refractivity contribution in [2.45, 2.75) is 0 Å². The zero-order valence-corrected chi connectivity index (χ0v) is 12.2. The summed E-state index contributed by atoms with van der Waals surface area (Å²) in [5.41, 5.74) is 3.19. The normalized spacial score (nSPS) is 10.5. The molecule has 2 rings (SSSR count). The van der Waals surface area contributed by atoms with Crippen LogP contribution in [0.5, 0.6) is 17.2 Å². The van der Waals surface area contributed by atoms with Gasteiger partial charge in [-0.1, -0.05) is 18.2 Å². The van der Waals surface area contributed by atoms with Crippen molar-refractivity contribution < 1.29 is 19.4 Å². The van der Waals surface area contributed by atoms with Crippen molar-refractivity contribution in [1.82, 2.24) is 5.43 Å². The number of rotatable bonds is 5. The van der Waals surface area contributed by atoms with E-state index in [0.717, 1.165) is 0 Å². The Balaban J connectivity index is 2.11. The molecule has 0 aromatic heterocycles. The average molecular weight is 300 g/mol. The van der Waals surface area contributed by atoms with Crippen molar-refractivity contribution in [2.75, 3.05) is 14.2 Å². The number of phenols is 1. The molecule has 22 heavy (non-hydrogen) atoms. The highest BCUT2D eigenvalue weighted by Gasteiger charge is 2.10. The molecule has 6 nitrogen and oxygen atoms in total. The summed E-state index contributed by atoms with van der Waals surface area (Å²) in [6, 6.07) is 11.8. The first-order valence-corrected chi connectivity index (χ1v) is 6.49. The molecule has 1 amide bonds. The highest BCUT2D eigenvalue weighted by atomic mass is 16.5. The lowest BCUT2D eigenvalue weighted by atomic mass is 10.2. The number of hydrogen-bond donors (Lipinski definition) is 2. The van der Waals surface area contributed by atoms with E-state index >= 15 is 0 Å². The molecule has 0 aliphatic rings. The summed E-state index contributed by atoms with van der Waals surface area (Å²) in [5.74, 6) is 0.343. The van der Waals surface area contributed by atoms with E-state index in [9.17, 15) is 9.90 Å². The highest BCUT2D eigenvalue weighted by Crippen LogP contribution is 2.27. The summed E-state index contributed by atoms with van der Waals surface area (Å²) in [5, 5.41) is 13.7. The molecule has 0 saturated heterocycles. The average Bonchev–Trinajstić information content (AvgIpc) is 2.56. The van der Waals surface area contributed by atoms with Gasteiger partial charge in [0, 0.05) is 5.56 Å². The van der Waals surface area contributed by atoms with Crippen LogP contribution in [0.3, 0.4) is 0 Å². The maximum absolute atomic E-state index is 12.0. The molecule has 2 N–H and O–H groups in total. The fourth-order valence-corrected chi connectivity index (χ4v) is 1.86. The van der Waals surface area contributed by atoms with Gasteiger partial charge in [-0.2, -0.15) is 5.10 Å². The Hall–Kier alpha value is -3.02. The minimum Gasteiger partial charge on any atom is -0.504 e. The van der Waals surface area contributed by atoms with Gasteiger partial charge < -0.3 is 14.6 Å². The number of hydrogen-bond acceptors (Lipinski definition) is 5. The van der Waals surface area contributed by atoms with Crippen LogP contribution >= 0.6 is 0 Å². The lowest BCUT2D eigenvalue weighted by Gasteiger charge is -2.06. The van der Waals surface area contributed by atoms with Crippen LogP contribution in [0.25, 0.3) is 0 Å². The maximum Gasteiger partial charge on any atom is 0.275 e. The maximum atomic E-state index is 12.0. The number of phenolic OH excluding ortho intramolecular Hbond substituents is 1. The molecule has 0 unspecified atom stereocenters. The molecule has 0 spiro atoms. The van der Waals surface area contributed by atoms with Gasteiger partial charge in [-0.05, 0) is 24.3 Å². The van der Waals surface area contributed by atoms with Crippen molar-refractivity contribution in [3.8, 4) is 17.2 Å². The van der Waals surface area contributed by atoms with Crippen LogP contribution in [-0.2, 0) is 0 Å². The van der Waals surface area contributed by atoms with E-state index in [-0.39, 0.29) is 5.75 Å². The molecule has 2 aromatic rings. The molecule has 0 aliphatic heterocycles. The Morgan fingerprint density at radius 2 is 1.77 bits per heavy atom. The van der Waals surface area contributed by atoms with E-state index in [1.807, 2.05) is 0 Å². The molecule has 0 bridgehead atoms. The van der Waals surface area contributed by atoms with Gasteiger partial charge in [-0.15, -0.1) is 0 Å². The van der Waals surface area contributed by atoms with Gasteiger partial charge in [0.25, 0.3) is 5.91 Å². The minimum absolute atomic E-state index is 0.0414. The molecular weight excluding hydrogens is 284 g/mol. The van der Waals surface area contributed by atoms with Crippen LogP contribution in [0, 0.1) is 0 Å². The lowest BCUT2D eigenvalue weighted by molar-refractivity contribution is 0.0952. The second kappa shape index (κ2) is 7.12. The third kappa shape index (κ3) is 3.35. The number of hydrazone groups is 1. The summed E-state index contributed by atoms with van der Waals surface area (Å²) in [6.07, 6.45) is 1.34. The number of nitrogens with zero attached hydrogens (tertiary/aromatic N) is 1. The Kier molecular flexibility index (Phi) is 4.98. The van der Waals surface area contributed by atoms with Crippen molar-refractivity contribution in [2.24, 2.45) is 5.10 Å². The number of carbonyl (C=O) groups excluding carboxylic acids is 1. The van der Waals surface area contributed by atoms with Crippen LogP contribution < -0.4 is 14.9 Å². The largest absolute Gasteiger partial charge is 0.504 e. The number of para-hydroxylation sites is 2. The van der Waals surface area contributed by atoms with Crippen LogP contribution in [0.2, 0.25) is 0 Å². The number of carbonyl (C=O) groups is 1. The number of nitrogens with one attached hydrogen (secondary N) is 1. The van der Waals surface area contributed by atoms with Crippen LogP contribution in [0.4, 0.5) is 0 Å². The Labute approximate surface area is 128 Å². The van der Waals surface area contributed by atoms with E-state index in [1.54, 1.807) is 42.5 Å². The van der Waals surface area contributed by atoms with Crippen LogP contribution in [0.1, 0.15) is 15.9 Å². The van der Waals surface area contributed by atoms with Gasteiger partial charge in [-0.3, -0.25) is 4.79 Å². The predicted octanol–water partition coefficient (Wildman–Crippen LogP) is 2.17. The summed E-state index contributed by atoms with van der Waals surface area (Å²) in [6.45, 7) is 0. The van der Waals surface area contributed by atoms with E-state index in [4.69, 9.17) is 9.47 Å². The third-order valence-corrected chi connectivity index (χ3v) is 2.97. The van der Waals surface area contributed by atoms with Crippen LogP contribution in [-0.4, -0.2) is 31.4 Å². The molecule has 114 valence electrons. The molecule has 0 aliphatic carbocycles. The summed E-state index contributed by atoms with van der Waals surface area (Å²) in [7, 11) is 2.95. The topological polar surface area (TPSA) is 80.2 Å². The van der Waals surface area contributed by atoms with Crippen LogP contribution in [0.15, 0.2) is 47.6 Å². The van der Waals surface area contributed by atoms with E-state index < -0.39 is 5.91 Å². The van der Waals surface area contributed by atoms with E-state index in [0.29, 0.717) is 22.6 Å². The molecule has 0 atom stereocenters. The Morgan fingerprint density at radius 1 is 1.09 bits per heavy atom. The smallest absolute Gasteiger partial charge is 0.275 e. The molecule has 2 aromatic carbocycles. The van der Waals surface area contributed by atoms with Gasteiger partial charge in [-0.25, -0.2) is 5.43 Å². The molecule has 0 heterocycles. The number of benzene rings is 2. The first-order chi connectivity index (χ1) is 10.7. The van der Waals surface area contributed by atoms with Crippen molar-refractivity contribution in [3.63, 3.8) is 0 Å². The molecule has 0 radical (unpaired) electrons. The fraction of sp³-hybridized carbons (Fsp3) is 0.125. The van der Waals surface area contributed by atoms with Crippen molar-refractivity contribution in [3.05, 3.63) is 53.6 Å². The quantitative estimate of drug-likeness (QED) is 0.655. The first kappa shape index (κ1) is 15.4. The van der Waals surface area contributed by atoms with Gasteiger partial charge in [0.15, 0.2) is 11.5 Å². The third-order valence-electron chi connectivity index (χ3n) is 2.97. The van der Waals surface area contributed by atoms with Crippen molar-refractivity contribution in [1.29, 1.82) is 0 Å². The molecule has 0 fully saturated rings. The molecule has 0 saturated carbocycles. The standard InChI is InChI=1S/C16H16N2O4/c1-21-13-8-4-3-7-12(13)16(20)18-17-10-11-6-5-9-14(22-2)15(11)19/h3-10,19H,1-2H3,(H,18,20). The predicted molar refractivity (Wildman–Crippen MR) is 82.7 cm³/mol. The minimum atomic E-state index is -0.406. The summed E-state index contributed by atoms with van der Waals surface area (Å²) in [4.78, 5) is 12.0. The van der Waals surface area contributed by atoms with Gasteiger partial charge in [0.2, 0.25) is 0 Å². The van der Waals surface area contributed by atoms with E-state index in [1.165, 1.54) is 20.4 Å². The fourth-order valence-electron chi connectivity index (χ4n) is 1.86. The second-order valence-electron chi connectivity index (χ2n) is 4.30. The number of methoxy groups -OCH3 is 2. The lowest BCUT2D eigenvalue weighted by Crippen LogP contribution is -2.18.